The van der Waals surface area contributed by atoms with E-state index in [1.165, 1.54) is 25.3 Å². The molecule has 1 aliphatic carbocycles. The molecule has 0 radical (unpaired) electrons. The quantitative estimate of drug-likeness (QED) is 0.825. The minimum Gasteiger partial charge on any atom is -0.368 e. The van der Waals surface area contributed by atoms with Crippen LogP contribution in [0.4, 0.5) is 4.39 Å². The van der Waals surface area contributed by atoms with Gasteiger partial charge in [0.1, 0.15) is 17.7 Å². The summed E-state index contributed by atoms with van der Waals surface area (Å²) in [5.74, 6) is 1.53. The molecule has 0 N–H and O–H groups in total. The van der Waals surface area contributed by atoms with E-state index in [0.717, 1.165) is 55.6 Å². The standard InChI is InChI=1S/C21H26FN3O2/c22-15-6-7-18-17(13-15)23-20(14-3-1-4-14)25(18)16-8-10-24(11-9-16)21(26)19-5-2-12-27-19/h6-7,13-14,16,19H,1-5,8-12H2/t19-/m1/s1. The number of carbonyl (C=O) groups is 1. The maximum Gasteiger partial charge on any atom is 0.251 e. The summed E-state index contributed by atoms with van der Waals surface area (Å²) in [6.45, 7) is 2.22. The monoisotopic (exact) mass is 371 g/mol. The van der Waals surface area contributed by atoms with Crippen LogP contribution in [0.15, 0.2) is 18.2 Å². The summed E-state index contributed by atoms with van der Waals surface area (Å²) in [6, 6.07) is 5.26. The first-order chi connectivity index (χ1) is 13.2. The maximum atomic E-state index is 13.7. The van der Waals surface area contributed by atoms with Crippen molar-refractivity contribution in [3.63, 3.8) is 0 Å². The Labute approximate surface area is 158 Å². The third-order valence-electron chi connectivity index (χ3n) is 6.50. The highest BCUT2D eigenvalue weighted by Crippen LogP contribution is 2.40. The van der Waals surface area contributed by atoms with Crippen LogP contribution >= 0.6 is 0 Å². The smallest absolute Gasteiger partial charge is 0.251 e. The van der Waals surface area contributed by atoms with Crippen LogP contribution in [0.1, 0.15) is 62.7 Å². The number of amides is 1. The number of halogens is 1. The first-order valence-electron chi connectivity index (χ1n) is 10.3. The number of nitrogens with zero attached hydrogens (tertiary/aromatic N) is 3. The maximum absolute atomic E-state index is 13.7. The fourth-order valence-corrected chi connectivity index (χ4v) is 4.75. The molecule has 6 heteroatoms. The lowest BCUT2D eigenvalue weighted by molar-refractivity contribution is -0.142. The van der Waals surface area contributed by atoms with Crippen molar-refractivity contribution < 1.29 is 13.9 Å². The predicted molar refractivity (Wildman–Crippen MR) is 100 cm³/mol. The highest BCUT2D eigenvalue weighted by atomic mass is 19.1. The van der Waals surface area contributed by atoms with Gasteiger partial charge < -0.3 is 14.2 Å². The number of fused-ring (bicyclic) bond motifs is 1. The fraction of sp³-hybridized carbons (Fsp3) is 0.619. The fourth-order valence-electron chi connectivity index (χ4n) is 4.75. The molecule has 2 saturated heterocycles. The second-order valence-electron chi connectivity index (χ2n) is 8.16. The number of piperidine rings is 1. The van der Waals surface area contributed by atoms with Gasteiger partial charge in [-0.15, -0.1) is 0 Å². The first-order valence-corrected chi connectivity index (χ1v) is 10.3. The van der Waals surface area contributed by atoms with Crippen molar-refractivity contribution in [2.75, 3.05) is 19.7 Å². The number of hydrogen-bond donors (Lipinski definition) is 0. The molecule has 0 unspecified atom stereocenters. The Bertz CT molecular complexity index is 846. The summed E-state index contributed by atoms with van der Waals surface area (Å²) < 4.78 is 21.6. The van der Waals surface area contributed by atoms with E-state index in [0.29, 0.717) is 18.6 Å². The van der Waals surface area contributed by atoms with Crippen molar-refractivity contribution >= 4 is 16.9 Å². The number of carbonyl (C=O) groups excluding carboxylic acids is 1. The molecule has 2 aliphatic heterocycles. The molecule has 1 aromatic carbocycles. The van der Waals surface area contributed by atoms with Gasteiger partial charge in [0.05, 0.1) is 11.0 Å². The van der Waals surface area contributed by atoms with Crippen LogP contribution in [0, 0.1) is 5.82 Å². The minimum absolute atomic E-state index is 0.155. The van der Waals surface area contributed by atoms with Gasteiger partial charge in [-0.2, -0.15) is 0 Å². The molecule has 1 amide bonds. The zero-order valence-corrected chi connectivity index (χ0v) is 15.6. The molecule has 2 aromatic rings. The topological polar surface area (TPSA) is 47.4 Å². The van der Waals surface area contributed by atoms with Crippen molar-refractivity contribution in [2.24, 2.45) is 0 Å². The molecule has 0 spiro atoms. The molecular formula is C21H26FN3O2. The van der Waals surface area contributed by atoms with Crippen molar-refractivity contribution in [1.29, 1.82) is 0 Å². The molecule has 1 saturated carbocycles. The van der Waals surface area contributed by atoms with Crippen molar-refractivity contribution in [1.82, 2.24) is 14.5 Å². The zero-order valence-electron chi connectivity index (χ0n) is 15.6. The molecule has 27 heavy (non-hydrogen) atoms. The van der Waals surface area contributed by atoms with E-state index in [2.05, 4.69) is 4.57 Å². The molecule has 5 nitrogen and oxygen atoms in total. The van der Waals surface area contributed by atoms with Gasteiger partial charge in [0.2, 0.25) is 0 Å². The second kappa shape index (κ2) is 6.89. The second-order valence-corrected chi connectivity index (χ2v) is 8.16. The Morgan fingerprint density at radius 3 is 2.59 bits per heavy atom. The normalized spacial score (nSPS) is 24.5. The van der Waals surface area contributed by atoms with Crippen molar-refractivity contribution in [3.05, 3.63) is 29.8 Å². The zero-order chi connectivity index (χ0) is 18.4. The number of hydrogen-bond acceptors (Lipinski definition) is 3. The molecule has 3 aliphatic rings. The number of aromatic nitrogens is 2. The van der Waals surface area contributed by atoms with E-state index in [1.807, 2.05) is 11.0 Å². The van der Waals surface area contributed by atoms with Crippen LogP contribution in [0.3, 0.4) is 0 Å². The molecule has 1 atom stereocenters. The van der Waals surface area contributed by atoms with Crippen LogP contribution in [-0.2, 0) is 9.53 Å². The molecular weight excluding hydrogens is 345 g/mol. The Balaban J connectivity index is 1.38. The Hall–Kier alpha value is -1.95. The minimum atomic E-state index is -0.232. The third kappa shape index (κ3) is 3.04. The predicted octanol–water partition coefficient (Wildman–Crippen LogP) is 3.79. The molecule has 144 valence electrons. The van der Waals surface area contributed by atoms with Crippen molar-refractivity contribution in [3.8, 4) is 0 Å². The average Bonchev–Trinajstić information content (AvgIpc) is 3.27. The molecule has 5 rings (SSSR count). The highest BCUT2D eigenvalue weighted by molar-refractivity contribution is 5.81. The van der Waals surface area contributed by atoms with E-state index >= 15 is 0 Å². The summed E-state index contributed by atoms with van der Waals surface area (Å²) in [5.41, 5.74) is 1.79. The highest BCUT2D eigenvalue weighted by Gasteiger charge is 2.34. The van der Waals surface area contributed by atoms with Gasteiger partial charge in [0.15, 0.2) is 0 Å². The van der Waals surface area contributed by atoms with Crippen molar-refractivity contribution in [2.45, 2.75) is 63.0 Å². The third-order valence-corrected chi connectivity index (χ3v) is 6.50. The van der Waals surface area contributed by atoms with Gasteiger partial charge in [-0.3, -0.25) is 4.79 Å². The number of imidazole rings is 1. The molecule has 1 aromatic heterocycles. The lowest BCUT2D eigenvalue weighted by atomic mass is 9.84. The van der Waals surface area contributed by atoms with Crippen LogP contribution in [-0.4, -0.2) is 46.2 Å². The summed E-state index contributed by atoms with van der Waals surface area (Å²) in [6.07, 6.45) is 7.02. The van der Waals surface area contributed by atoms with Gasteiger partial charge in [0, 0.05) is 37.7 Å². The van der Waals surface area contributed by atoms with E-state index in [1.54, 1.807) is 6.07 Å². The van der Waals surface area contributed by atoms with Crippen LogP contribution in [0.25, 0.3) is 11.0 Å². The van der Waals surface area contributed by atoms with Crippen LogP contribution < -0.4 is 0 Å². The Morgan fingerprint density at radius 2 is 1.93 bits per heavy atom. The summed E-state index contributed by atoms with van der Waals surface area (Å²) in [5, 5.41) is 0. The SMILES string of the molecule is O=C([C@H]1CCCO1)N1CCC(n2c(C3CCC3)nc3cc(F)ccc32)CC1. The van der Waals surface area contributed by atoms with Crippen LogP contribution in [0.5, 0.6) is 0 Å². The Kier molecular flexibility index (Phi) is 4.38. The first kappa shape index (κ1) is 17.2. The molecule has 3 heterocycles. The lowest BCUT2D eigenvalue weighted by Crippen LogP contribution is -2.44. The van der Waals surface area contributed by atoms with E-state index in [4.69, 9.17) is 9.72 Å². The lowest BCUT2D eigenvalue weighted by Gasteiger charge is -2.36. The molecule has 0 bridgehead atoms. The van der Waals surface area contributed by atoms with Gasteiger partial charge in [0.25, 0.3) is 5.91 Å². The number of rotatable bonds is 3. The molecule has 3 fully saturated rings. The van der Waals surface area contributed by atoms with E-state index in [-0.39, 0.29) is 17.8 Å². The van der Waals surface area contributed by atoms with E-state index in [9.17, 15) is 9.18 Å². The largest absolute Gasteiger partial charge is 0.368 e. The van der Waals surface area contributed by atoms with Gasteiger partial charge in [-0.05, 0) is 50.7 Å². The number of benzene rings is 1. The van der Waals surface area contributed by atoms with Gasteiger partial charge in [-0.1, -0.05) is 6.42 Å². The van der Waals surface area contributed by atoms with Gasteiger partial charge >= 0.3 is 0 Å². The summed E-state index contributed by atoms with van der Waals surface area (Å²) >= 11 is 0. The number of likely N-dealkylation sites (tertiary alicyclic amines) is 1. The average molecular weight is 371 g/mol. The summed E-state index contributed by atoms with van der Waals surface area (Å²) in [7, 11) is 0. The Morgan fingerprint density at radius 1 is 1.11 bits per heavy atom. The van der Waals surface area contributed by atoms with Crippen LogP contribution in [0.2, 0.25) is 0 Å². The van der Waals surface area contributed by atoms with Gasteiger partial charge in [-0.25, -0.2) is 9.37 Å². The summed E-state index contributed by atoms with van der Waals surface area (Å²) in [4.78, 5) is 19.4. The number of ether oxygens (including phenoxy) is 1. The van der Waals surface area contributed by atoms with E-state index < -0.39 is 0 Å².